The van der Waals surface area contributed by atoms with E-state index in [2.05, 4.69) is 39.2 Å². The molecular weight excluding hydrogens is 691 g/mol. The van der Waals surface area contributed by atoms with E-state index in [0.717, 1.165) is 12.1 Å². The van der Waals surface area contributed by atoms with E-state index in [0.29, 0.717) is 17.2 Å². The molecule has 2 aliphatic heterocycles. The summed E-state index contributed by atoms with van der Waals surface area (Å²) in [7, 11) is -2.30. The van der Waals surface area contributed by atoms with E-state index < -0.39 is 66.5 Å². The molecule has 3 aromatic rings. The van der Waals surface area contributed by atoms with E-state index >= 15 is 0 Å². The topological polar surface area (TPSA) is 158 Å². The van der Waals surface area contributed by atoms with Crippen LogP contribution < -0.4 is 10.9 Å². The van der Waals surface area contributed by atoms with Crippen LogP contribution >= 0.6 is 0 Å². The summed E-state index contributed by atoms with van der Waals surface area (Å²) in [6.07, 6.45) is -5.69. The number of hydrogen-bond acceptors (Lipinski definition) is 9. The number of carbonyl (C=O) groups excluding carboxylic acids is 3. The van der Waals surface area contributed by atoms with Crippen LogP contribution in [0.25, 0.3) is 11.0 Å². The maximum absolute atomic E-state index is 13.8. The van der Waals surface area contributed by atoms with Crippen molar-refractivity contribution in [2.45, 2.75) is 84.1 Å². The molecule has 16 heteroatoms. The molecule has 4 atom stereocenters. The van der Waals surface area contributed by atoms with Crippen molar-refractivity contribution in [2.75, 3.05) is 5.32 Å². The number of nitro benzene ring substituents is 1. The third kappa shape index (κ3) is 7.33. The fraction of sp³-hybridized carbons (Fsp3) is 0.429. The van der Waals surface area contributed by atoms with Gasteiger partial charge in [-0.2, -0.15) is 13.2 Å². The second-order valence-electron chi connectivity index (χ2n) is 14.4. The maximum atomic E-state index is 13.8. The minimum atomic E-state index is -4.81. The van der Waals surface area contributed by atoms with Crippen molar-refractivity contribution in [3.8, 4) is 0 Å². The highest BCUT2D eigenvalue weighted by Crippen LogP contribution is 2.50. The Morgan fingerprint density at radius 1 is 1.08 bits per heavy atom. The summed E-state index contributed by atoms with van der Waals surface area (Å²) in [6.45, 7) is 13.7. The van der Waals surface area contributed by atoms with E-state index in [-0.39, 0.29) is 52.0 Å². The molecule has 12 nitrogen and oxygen atoms in total. The minimum Gasteiger partial charge on any atom is -0.456 e. The second kappa shape index (κ2) is 13.4. The summed E-state index contributed by atoms with van der Waals surface area (Å²) in [5.41, 5.74) is -2.20. The fourth-order valence-corrected chi connectivity index (χ4v) is 7.78. The lowest BCUT2D eigenvalue weighted by Crippen LogP contribution is -2.65. The van der Waals surface area contributed by atoms with Gasteiger partial charge in [0.25, 0.3) is 5.69 Å². The molecule has 51 heavy (non-hydrogen) atoms. The summed E-state index contributed by atoms with van der Waals surface area (Å²) in [5, 5.41) is 13.1. The largest absolute Gasteiger partial charge is 0.456 e. The number of alkyl halides is 3. The van der Waals surface area contributed by atoms with E-state index in [4.69, 9.17) is 13.6 Å². The number of esters is 1. The molecule has 2 aliphatic rings. The molecule has 1 N–H and O–H groups in total. The van der Waals surface area contributed by atoms with Gasteiger partial charge < -0.3 is 23.8 Å². The summed E-state index contributed by atoms with van der Waals surface area (Å²) >= 11 is 0. The Bertz CT molecular complexity index is 2000. The molecule has 0 bridgehead atoms. The summed E-state index contributed by atoms with van der Waals surface area (Å²) in [4.78, 5) is 64.6. The summed E-state index contributed by atoms with van der Waals surface area (Å²) in [6, 6.07) is 8.64. The van der Waals surface area contributed by atoms with Crippen molar-refractivity contribution in [1.82, 2.24) is 4.90 Å². The van der Waals surface area contributed by atoms with E-state index in [1.54, 1.807) is 6.92 Å². The minimum absolute atomic E-state index is 0.0390. The summed E-state index contributed by atoms with van der Waals surface area (Å²) in [5.74, 6) is -2.99. The lowest BCUT2D eigenvalue weighted by atomic mass is 9.77. The number of benzene rings is 2. The number of fused-ring (bicyclic) bond motifs is 2. The molecule has 0 saturated carbocycles. The Kier molecular flexibility index (Phi) is 9.81. The van der Waals surface area contributed by atoms with Gasteiger partial charge in [-0.25, -0.2) is 9.59 Å². The van der Waals surface area contributed by atoms with Crippen molar-refractivity contribution in [2.24, 2.45) is 11.8 Å². The molecule has 0 unspecified atom stereocenters. The molecule has 1 fully saturated rings. The Hall–Kier alpha value is -4.83. The highest BCUT2D eigenvalue weighted by Gasteiger charge is 2.61. The van der Waals surface area contributed by atoms with Crippen LogP contribution in [0, 0.1) is 22.0 Å². The predicted molar refractivity (Wildman–Crippen MR) is 182 cm³/mol. The molecule has 5 rings (SSSR count). The first-order chi connectivity index (χ1) is 23.6. The van der Waals surface area contributed by atoms with Gasteiger partial charge in [0.05, 0.1) is 35.0 Å². The average Bonchev–Trinajstić information content (AvgIpc) is 3.25. The number of amides is 2. The Labute approximate surface area is 291 Å². The molecule has 1 aromatic heterocycles. The molecule has 272 valence electrons. The van der Waals surface area contributed by atoms with Crippen LogP contribution in [0.1, 0.15) is 52.2 Å². The van der Waals surface area contributed by atoms with Crippen LogP contribution in [0.15, 0.2) is 69.0 Å². The van der Waals surface area contributed by atoms with Gasteiger partial charge >= 0.3 is 17.8 Å². The zero-order valence-corrected chi connectivity index (χ0v) is 30.0. The van der Waals surface area contributed by atoms with Gasteiger partial charge in [0.15, 0.2) is 8.32 Å². The van der Waals surface area contributed by atoms with Crippen molar-refractivity contribution >= 4 is 48.4 Å². The Morgan fingerprint density at radius 2 is 1.73 bits per heavy atom. The van der Waals surface area contributed by atoms with Crippen LogP contribution in [0.5, 0.6) is 0 Å². The monoisotopic (exact) mass is 729 g/mol. The molecule has 0 spiro atoms. The number of hydrogen-bond donors (Lipinski definition) is 1. The van der Waals surface area contributed by atoms with E-state index in [1.807, 2.05) is 6.92 Å². The molecule has 1 saturated heterocycles. The van der Waals surface area contributed by atoms with Gasteiger partial charge in [-0.1, -0.05) is 27.7 Å². The lowest BCUT2D eigenvalue weighted by Gasteiger charge is -2.50. The van der Waals surface area contributed by atoms with Crippen LogP contribution in [0.3, 0.4) is 0 Å². The van der Waals surface area contributed by atoms with E-state index in [1.165, 1.54) is 35.2 Å². The van der Waals surface area contributed by atoms with Crippen LogP contribution in [0.4, 0.5) is 24.5 Å². The molecule has 2 aromatic carbocycles. The van der Waals surface area contributed by atoms with Gasteiger partial charge in [0.2, 0.25) is 11.8 Å². The SMILES string of the molecule is C[C@@H](O[Si](C)(C)C(C)(C)C)[C@H]1C(=O)N2C(C(=O)OCc3ccc([N+](=O)[O-])cc3)=C(CC(=O)Nc3ccc4c(C(F)(F)F)cc(=O)oc4c3)[C@H](C)[C@H]12. The normalized spacial score (nSPS) is 19.8. The first-order valence-electron chi connectivity index (χ1n) is 16.2. The van der Waals surface area contributed by atoms with Gasteiger partial charge in [0.1, 0.15) is 17.9 Å². The number of halogens is 3. The smallest absolute Gasteiger partial charge is 0.417 e. The number of β-lactam (4-membered cyclic amide) rings is 1. The van der Waals surface area contributed by atoms with Crippen molar-refractivity contribution in [1.29, 1.82) is 0 Å². The molecule has 0 radical (unpaired) electrons. The van der Waals surface area contributed by atoms with Gasteiger partial charge in [0, 0.05) is 41.3 Å². The maximum Gasteiger partial charge on any atom is 0.417 e. The molecule has 2 amide bonds. The number of ether oxygens (including phenoxy) is 1. The number of nitrogens with one attached hydrogen (secondary N) is 1. The number of rotatable bonds is 10. The van der Waals surface area contributed by atoms with Crippen LogP contribution in [0.2, 0.25) is 18.1 Å². The third-order valence-corrected chi connectivity index (χ3v) is 14.6. The first kappa shape index (κ1) is 37.4. The average molecular weight is 730 g/mol. The number of carbonyl (C=O) groups is 3. The number of anilines is 1. The highest BCUT2D eigenvalue weighted by molar-refractivity contribution is 6.74. The lowest BCUT2D eigenvalue weighted by molar-refractivity contribution is -0.384. The molecular formula is C35H38F3N3O9Si. The van der Waals surface area contributed by atoms with Crippen molar-refractivity contribution in [3.63, 3.8) is 0 Å². The predicted octanol–water partition coefficient (Wildman–Crippen LogP) is 6.93. The quantitative estimate of drug-likeness (QED) is 0.0583. The standard InChI is InChI=1S/C35H38F3N3O9Si/c1-18-24(15-27(42)39-21-10-13-23-25(35(36,37)38)16-28(43)49-26(23)14-21)31(33(45)48-17-20-8-11-22(12-9-20)41(46)47)40-30(18)29(32(40)44)19(2)50-51(6,7)34(3,4)5/h8-14,16,18-19,29-30H,15,17H2,1-7H3,(H,39,42)/t18-,19+,29+,30+/m0/s1. The molecule has 3 heterocycles. The molecule has 0 aliphatic carbocycles. The first-order valence-corrected chi connectivity index (χ1v) is 19.1. The van der Waals surface area contributed by atoms with Gasteiger partial charge in [-0.15, -0.1) is 0 Å². The number of non-ortho nitro benzene ring substituents is 1. The third-order valence-electron chi connectivity index (χ3n) is 9.98. The van der Waals surface area contributed by atoms with Crippen molar-refractivity contribution in [3.05, 3.63) is 91.5 Å². The van der Waals surface area contributed by atoms with Gasteiger partial charge in [-0.3, -0.25) is 19.7 Å². The Balaban J connectivity index is 1.42. The zero-order valence-electron chi connectivity index (χ0n) is 29.0. The fourth-order valence-electron chi connectivity index (χ4n) is 6.35. The highest BCUT2D eigenvalue weighted by atomic mass is 28.4. The van der Waals surface area contributed by atoms with Crippen LogP contribution in [-0.2, 0) is 36.3 Å². The summed E-state index contributed by atoms with van der Waals surface area (Å²) < 4.78 is 57.7. The van der Waals surface area contributed by atoms with Crippen LogP contribution in [-0.4, -0.2) is 48.1 Å². The van der Waals surface area contributed by atoms with Gasteiger partial charge in [-0.05, 0) is 60.5 Å². The Morgan fingerprint density at radius 3 is 2.31 bits per heavy atom. The zero-order chi connectivity index (χ0) is 37.8. The van der Waals surface area contributed by atoms with Crippen molar-refractivity contribution < 1.29 is 46.1 Å². The number of nitro groups is 1. The second-order valence-corrected chi connectivity index (χ2v) is 19.1. The number of nitrogens with zero attached hydrogens (tertiary/aromatic N) is 2. The van der Waals surface area contributed by atoms with E-state index in [9.17, 15) is 42.5 Å².